The second kappa shape index (κ2) is 8.19. The Morgan fingerprint density at radius 2 is 1.81 bits per heavy atom. The van der Waals surface area contributed by atoms with Gasteiger partial charge in [-0.25, -0.2) is 0 Å². The molecule has 2 aromatic carbocycles. The standard InChI is InChI=1S/C21H19BrClNO3/c1-13-10-18(14(2)24(13)16-5-7-17(26-3)8-6-16)20(25)12-27-21-9-4-15(22)11-19(21)23/h4-11H,12H2,1-3H3. The summed E-state index contributed by atoms with van der Waals surface area (Å²) in [6.45, 7) is 3.83. The van der Waals surface area contributed by atoms with Crippen molar-refractivity contribution in [3.8, 4) is 17.2 Å². The fourth-order valence-electron chi connectivity index (χ4n) is 2.99. The lowest BCUT2D eigenvalue weighted by molar-refractivity contribution is 0.0921. The molecule has 0 spiro atoms. The van der Waals surface area contributed by atoms with Crippen molar-refractivity contribution >= 4 is 33.3 Å². The monoisotopic (exact) mass is 447 g/mol. The number of hydrogen-bond donors (Lipinski definition) is 0. The second-order valence-electron chi connectivity index (χ2n) is 6.10. The molecule has 0 N–H and O–H groups in total. The van der Waals surface area contributed by atoms with Crippen molar-refractivity contribution in [2.24, 2.45) is 0 Å². The van der Waals surface area contributed by atoms with Gasteiger partial charge in [0, 0.05) is 27.1 Å². The molecule has 0 aliphatic rings. The minimum Gasteiger partial charge on any atom is -0.497 e. The number of Topliss-reactive ketones (excluding diaryl/α,β-unsaturated/α-hetero) is 1. The van der Waals surface area contributed by atoms with Crippen LogP contribution in [0.15, 0.2) is 53.0 Å². The van der Waals surface area contributed by atoms with Crippen molar-refractivity contribution in [3.05, 3.63) is 75.0 Å². The Kier molecular flexibility index (Phi) is 5.92. The van der Waals surface area contributed by atoms with Crippen LogP contribution in [0, 0.1) is 13.8 Å². The first-order chi connectivity index (χ1) is 12.9. The van der Waals surface area contributed by atoms with Gasteiger partial charge in [-0.1, -0.05) is 27.5 Å². The number of methoxy groups -OCH3 is 1. The fourth-order valence-corrected chi connectivity index (χ4v) is 3.71. The second-order valence-corrected chi connectivity index (χ2v) is 7.43. The molecule has 0 amide bonds. The maximum Gasteiger partial charge on any atom is 0.202 e. The molecule has 0 atom stereocenters. The van der Waals surface area contributed by atoms with E-state index >= 15 is 0 Å². The maximum atomic E-state index is 12.7. The summed E-state index contributed by atoms with van der Waals surface area (Å²) in [7, 11) is 1.63. The van der Waals surface area contributed by atoms with Crippen LogP contribution in [0.5, 0.6) is 11.5 Å². The third-order valence-electron chi connectivity index (χ3n) is 4.31. The number of rotatable bonds is 6. The Labute approximate surface area is 171 Å². The van der Waals surface area contributed by atoms with Crippen molar-refractivity contribution in [2.45, 2.75) is 13.8 Å². The van der Waals surface area contributed by atoms with Gasteiger partial charge >= 0.3 is 0 Å². The number of hydrogen-bond acceptors (Lipinski definition) is 3. The Balaban J connectivity index is 1.81. The number of halogens is 2. The van der Waals surface area contributed by atoms with Crippen molar-refractivity contribution in [3.63, 3.8) is 0 Å². The van der Waals surface area contributed by atoms with E-state index in [1.807, 2.05) is 54.8 Å². The number of aryl methyl sites for hydroxylation is 1. The molecule has 140 valence electrons. The molecule has 0 aliphatic carbocycles. The van der Waals surface area contributed by atoms with Crippen LogP contribution in [0.4, 0.5) is 0 Å². The molecular weight excluding hydrogens is 430 g/mol. The van der Waals surface area contributed by atoms with E-state index in [9.17, 15) is 4.79 Å². The molecule has 3 rings (SSSR count). The van der Waals surface area contributed by atoms with E-state index in [4.69, 9.17) is 21.1 Å². The summed E-state index contributed by atoms with van der Waals surface area (Å²) >= 11 is 9.49. The van der Waals surface area contributed by atoms with Gasteiger partial charge in [0.25, 0.3) is 0 Å². The van der Waals surface area contributed by atoms with Crippen molar-refractivity contribution < 1.29 is 14.3 Å². The highest BCUT2D eigenvalue weighted by Gasteiger charge is 2.17. The summed E-state index contributed by atoms with van der Waals surface area (Å²) in [6.07, 6.45) is 0. The predicted octanol–water partition coefficient (Wildman–Crippen LogP) is 5.78. The summed E-state index contributed by atoms with van der Waals surface area (Å²) in [5.41, 5.74) is 3.45. The molecule has 0 bridgehead atoms. The van der Waals surface area contributed by atoms with Crippen LogP contribution in [0.2, 0.25) is 5.02 Å². The van der Waals surface area contributed by atoms with E-state index in [-0.39, 0.29) is 12.4 Å². The van der Waals surface area contributed by atoms with Crippen molar-refractivity contribution in [2.75, 3.05) is 13.7 Å². The largest absolute Gasteiger partial charge is 0.497 e. The summed E-state index contributed by atoms with van der Waals surface area (Å²) in [6, 6.07) is 14.9. The number of aromatic nitrogens is 1. The molecule has 0 unspecified atom stereocenters. The van der Waals surface area contributed by atoms with E-state index in [0.29, 0.717) is 16.3 Å². The van der Waals surface area contributed by atoms with Crippen LogP contribution in [0.1, 0.15) is 21.7 Å². The van der Waals surface area contributed by atoms with Gasteiger partial charge in [0.2, 0.25) is 5.78 Å². The molecule has 1 heterocycles. The average molecular weight is 449 g/mol. The van der Waals surface area contributed by atoms with E-state index in [1.165, 1.54) is 0 Å². The third kappa shape index (κ3) is 4.20. The van der Waals surface area contributed by atoms with Crippen LogP contribution in [-0.2, 0) is 0 Å². The highest BCUT2D eigenvalue weighted by atomic mass is 79.9. The van der Waals surface area contributed by atoms with Gasteiger partial charge in [0.15, 0.2) is 6.61 Å². The lowest BCUT2D eigenvalue weighted by atomic mass is 10.1. The number of benzene rings is 2. The lowest BCUT2D eigenvalue weighted by Crippen LogP contribution is -2.13. The van der Waals surface area contributed by atoms with Gasteiger partial charge in [-0.15, -0.1) is 0 Å². The molecule has 0 radical (unpaired) electrons. The number of carbonyl (C=O) groups excluding carboxylic acids is 1. The SMILES string of the molecule is COc1ccc(-n2c(C)cc(C(=O)COc3ccc(Br)cc3Cl)c2C)cc1. The van der Waals surface area contributed by atoms with Gasteiger partial charge in [-0.3, -0.25) is 4.79 Å². The molecule has 0 aliphatic heterocycles. The maximum absolute atomic E-state index is 12.7. The van der Waals surface area contributed by atoms with E-state index in [2.05, 4.69) is 15.9 Å². The molecule has 6 heteroatoms. The van der Waals surface area contributed by atoms with Crippen LogP contribution in [0.25, 0.3) is 5.69 Å². The van der Waals surface area contributed by atoms with Crippen molar-refractivity contribution in [1.82, 2.24) is 4.57 Å². The summed E-state index contributed by atoms with van der Waals surface area (Å²) < 4.78 is 13.7. The zero-order valence-electron chi connectivity index (χ0n) is 15.3. The molecule has 0 saturated heterocycles. The van der Waals surface area contributed by atoms with E-state index in [1.54, 1.807) is 19.2 Å². The quantitative estimate of drug-likeness (QED) is 0.449. The zero-order chi connectivity index (χ0) is 19.6. The smallest absolute Gasteiger partial charge is 0.202 e. The molecule has 1 aromatic heterocycles. The first-order valence-corrected chi connectivity index (χ1v) is 9.52. The summed E-state index contributed by atoms with van der Waals surface area (Å²) in [4.78, 5) is 12.7. The van der Waals surface area contributed by atoms with Crippen LogP contribution < -0.4 is 9.47 Å². The highest BCUT2D eigenvalue weighted by Crippen LogP contribution is 2.28. The lowest BCUT2D eigenvalue weighted by Gasteiger charge is -2.11. The Morgan fingerprint density at radius 1 is 1.11 bits per heavy atom. The highest BCUT2D eigenvalue weighted by molar-refractivity contribution is 9.10. The summed E-state index contributed by atoms with van der Waals surface area (Å²) in [5.74, 6) is 1.18. The number of nitrogens with zero attached hydrogens (tertiary/aromatic N) is 1. The third-order valence-corrected chi connectivity index (χ3v) is 5.10. The Morgan fingerprint density at radius 3 is 2.44 bits per heavy atom. The first kappa shape index (κ1) is 19.5. The topological polar surface area (TPSA) is 40.5 Å². The van der Waals surface area contributed by atoms with Gasteiger partial charge in [0.1, 0.15) is 11.5 Å². The minimum absolute atomic E-state index is 0.0751. The van der Waals surface area contributed by atoms with Crippen LogP contribution >= 0.6 is 27.5 Å². The van der Waals surface area contributed by atoms with Gasteiger partial charge in [0.05, 0.1) is 12.1 Å². The molecule has 0 fully saturated rings. The zero-order valence-corrected chi connectivity index (χ0v) is 17.6. The normalized spacial score (nSPS) is 10.7. The summed E-state index contributed by atoms with van der Waals surface area (Å²) in [5, 5.41) is 0.459. The van der Waals surface area contributed by atoms with Crippen LogP contribution in [-0.4, -0.2) is 24.1 Å². The molecule has 0 saturated carbocycles. The van der Waals surface area contributed by atoms with E-state index < -0.39 is 0 Å². The molecular formula is C21H19BrClNO3. The number of ether oxygens (including phenoxy) is 2. The van der Waals surface area contributed by atoms with E-state index in [0.717, 1.165) is 27.3 Å². The van der Waals surface area contributed by atoms with Crippen molar-refractivity contribution in [1.29, 1.82) is 0 Å². The van der Waals surface area contributed by atoms with Gasteiger partial charge < -0.3 is 14.0 Å². The van der Waals surface area contributed by atoms with Crippen LogP contribution in [0.3, 0.4) is 0 Å². The fraction of sp³-hybridized carbons (Fsp3) is 0.190. The Bertz CT molecular complexity index is 980. The number of carbonyl (C=O) groups is 1. The Hall–Kier alpha value is -2.24. The molecule has 3 aromatic rings. The first-order valence-electron chi connectivity index (χ1n) is 8.35. The average Bonchev–Trinajstić information content (AvgIpc) is 2.95. The van der Waals surface area contributed by atoms with Gasteiger partial charge in [-0.2, -0.15) is 0 Å². The van der Waals surface area contributed by atoms with Gasteiger partial charge in [-0.05, 0) is 62.4 Å². The predicted molar refractivity (Wildman–Crippen MR) is 111 cm³/mol. The number of ketones is 1. The molecule has 27 heavy (non-hydrogen) atoms. The molecule has 4 nitrogen and oxygen atoms in total. The minimum atomic E-state index is -0.0955.